The van der Waals surface area contributed by atoms with Crippen LogP contribution in [0.4, 0.5) is 11.4 Å². The number of halogens is 1. The van der Waals surface area contributed by atoms with E-state index in [0.29, 0.717) is 62.9 Å². The van der Waals surface area contributed by atoms with Gasteiger partial charge in [0.2, 0.25) is 0 Å². The number of aromatic nitrogens is 2. The van der Waals surface area contributed by atoms with Crippen LogP contribution in [0.2, 0.25) is 5.02 Å². The van der Waals surface area contributed by atoms with Crippen LogP contribution in [-0.4, -0.2) is 50.9 Å². The molecule has 1 amide bonds. The average molecular weight is 521 g/mol. The number of nitrogens with zero attached hydrogens (tertiary/aromatic N) is 1. The number of amides is 1. The Morgan fingerprint density at radius 1 is 1.19 bits per heavy atom. The van der Waals surface area contributed by atoms with E-state index in [1.54, 1.807) is 30.6 Å². The summed E-state index contributed by atoms with van der Waals surface area (Å²) in [5.41, 5.74) is 1.78. The maximum Gasteiger partial charge on any atom is 0.252 e. The van der Waals surface area contributed by atoms with Crippen molar-refractivity contribution in [1.82, 2.24) is 9.97 Å². The largest absolute Gasteiger partial charge is 0.457 e. The van der Waals surface area contributed by atoms with Gasteiger partial charge in [0, 0.05) is 17.3 Å². The lowest BCUT2D eigenvalue weighted by Gasteiger charge is -2.42. The van der Waals surface area contributed by atoms with Gasteiger partial charge < -0.3 is 35.3 Å². The van der Waals surface area contributed by atoms with Crippen LogP contribution in [-0.2, 0) is 9.53 Å². The third-order valence-electron chi connectivity index (χ3n) is 6.98. The fraction of sp³-hybridized carbons (Fsp3) is 0.259. The fourth-order valence-corrected chi connectivity index (χ4v) is 5.20. The predicted molar refractivity (Wildman–Crippen MR) is 139 cm³/mol. The lowest BCUT2D eigenvalue weighted by Crippen LogP contribution is -2.59. The molecule has 1 saturated heterocycles. The van der Waals surface area contributed by atoms with E-state index in [-0.39, 0.29) is 25.2 Å². The van der Waals surface area contributed by atoms with Gasteiger partial charge in [-0.3, -0.25) is 4.79 Å². The van der Waals surface area contributed by atoms with E-state index in [1.807, 2.05) is 30.3 Å². The fourth-order valence-electron chi connectivity index (χ4n) is 4.93. The highest BCUT2D eigenvalue weighted by Gasteiger charge is 2.46. The molecule has 0 bridgehead atoms. The molecule has 2 aliphatic heterocycles. The number of para-hydroxylation sites is 1. The molecule has 10 heteroatoms. The first-order valence-electron chi connectivity index (χ1n) is 12.0. The molecule has 1 unspecified atom stereocenters. The number of hydrogen-bond donors (Lipinski definition) is 5. The van der Waals surface area contributed by atoms with Crippen molar-refractivity contribution in [1.29, 1.82) is 0 Å². The minimum Gasteiger partial charge on any atom is -0.457 e. The molecular formula is C27H25ClN4O5. The predicted octanol–water partition coefficient (Wildman–Crippen LogP) is 4.36. The van der Waals surface area contributed by atoms with Crippen molar-refractivity contribution < 1.29 is 24.5 Å². The van der Waals surface area contributed by atoms with Crippen LogP contribution in [0.5, 0.6) is 11.5 Å². The number of rotatable bonds is 5. The number of hydrogen-bond acceptors (Lipinski definition) is 7. The maximum atomic E-state index is 13.0. The van der Waals surface area contributed by atoms with Gasteiger partial charge in [0.15, 0.2) is 0 Å². The summed E-state index contributed by atoms with van der Waals surface area (Å²) in [5, 5.41) is 28.2. The van der Waals surface area contributed by atoms with E-state index in [4.69, 9.17) is 21.1 Å². The molecule has 5 N–H and O–H groups in total. The van der Waals surface area contributed by atoms with Crippen molar-refractivity contribution in [2.45, 2.75) is 30.6 Å². The molecular weight excluding hydrogens is 496 g/mol. The summed E-state index contributed by atoms with van der Waals surface area (Å²) in [4.78, 5) is 20.6. The van der Waals surface area contributed by atoms with Gasteiger partial charge in [-0.05, 0) is 37.1 Å². The van der Waals surface area contributed by atoms with Crippen molar-refractivity contribution in [2.24, 2.45) is 0 Å². The summed E-state index contributed by atoms with van der Waals surface area (Å²) >= 11 is 6.59. The molecule has 37 heavy (non-hydrogen) atoms. The lowest BCUT2D eigenvalue weighted by molar-refractivity contribution is -0.128. The number of benzene rings is 2. The van der Waals surface area contributed by atoms with Gasteiger partial charge in [0.1, 0.15) is 28.8 Å². The summed E-state index contributed by atoms with van der Waals surface area (Å²) in [6.45, 7) is 0.0247. The monoisotopic (exact) mass is 520 g/mol. The van der Waals surface area contributed by atoms with Crippen LogP contribution >= 0.6 is 11.6 Å². The van der Waals surface area contributed by atoms with Crippen LogP contribution in [0.3, 0.4) is 0 Å². The zero-order valence-corrected chi connectivity index (χ0v) is 20.5. The van der Waals surface area contributed by atoms with Crippen LogP contribution < -0.4 is 15.4 Å². The molecule has 1 fully saturated rings. The Morgan fingerprint density at radius 3 is 2.76 bits per heavy atom. The molecule has 6 rings (SSSR count). The second-order valence-electron chi connectivity index (χ2n) is 9.33. The Kier molecular flexibility index (Phi) is 6.00. The number of anilines is 2. The molecule has 2 aromatic carbocycles. The summed E-state index contributed by atoms with van der Waals surface area (Å²) < 4.78 is 11.6. The molecule has 0 radical (unpaired) electrons. The topological polar surface area (TPSA) is 129 Å². The van der Waals surface area contributed by atoms with Crippen molar-refractivity contribution >= 4 is 39.9 Å². The molecule has 4 heterocycles. The van der Waals surface area contributed by atoms with Gasteiger partial charge >= 0.3 is 0 Å². The standard InChI is InChI=1S/C27H25ClN4O5/c28-20-10-16(37-15-4-2-1-3-5-15)6-7-18(20)24(34)19-11-29-25-22(19)23-21(12-30-25)31-26(35)27(32-23)9-8-17(13-33)36-14-27/h1-7,10-12,17,24,32-34H,8-9,13-14H2,(H,29,30)(H,31,35)/t17-,24?,27-/m0/s1. The van der Waals surface area contributed by atoms with Crippen LogP contribution in [0, 0.1) is 0 Å². The van der Waals surface area contributed by atoms with Gasteiger partial charge in [-0.2, -0.15) is 0 Å². The van der Waals surface area contributed by atoms with Crippen molar-refractivity contribution in [3.05, 3.63) is 77.1 Å². The zero-order valence-electron chi connectivity index (χ0n) is 19.7. The third kappa shape index (κ3) is 4.19. The number of aliphatic hydroxyl groups is 2. The highest BCUT2D eigenvalue weighted by molar-refractivity contribution is 6.31. The first-order valence-corrected chi connectivity index (χ1v) is 12.4. The number of aromatic amines is 1. The van der Waals surface area contributed by atoms with E-state index in [0.717, 1.165) is 0 Å². The van der Waals surface area contributed by atoms with E-state index < -0.39 is 11.6 Å². The highest BCUT2D eigenvalue weighted by Crippen LogP contribution is 2.43. The highest BCUT2D eigenvalue weighted by atomic mass is 35.5. The van der Waals surface area contributed by atoms with Crippen molar-refractivity contribution in [2.75, 3.05) is 23.8 Å². The Morgan fingerprint density at radius 2 is 2.03 bits per heavy atom. The third-order valence-corrected chi connectivity index (χ3v) is 7.31. The molecule has 0 aliphatic carbocycles. The summed E-state index contributed by atoms with van der Waals surface area (Å²) in [7, 11) is 0. The second-order valence-corrected chi connectivity index (χ2v) is 9.74. The van der Waals surface area contributed by atoms with Gasteiger partial charge in [-0.15, -0.1) is 0 Å². The molecule has 9 nitrogen and oxygen atoms in total. The van der Waals surface area contributed by atoms with Crippen LogP contribution in [0.1, 0.15) is 30.1 Å². The second kappa shape index (κ2) is 9.35. The first-order chi connectivity index (χ1) is 18.0. The Balaban J connectivity index is 1.34. The van der Waals surface area contributed by atoms with Crippen molar-refractivity contribution in [3.63, 3.8) is 0 Å². The quantitative estimate of drug-likeness (QED) is 0.264. The van der Waals surface area contributed by atoms with Gasteiger partial charge in [0.05, 0.1) is 47.3 Å². The van der Waals surface area contributed by atoms with Gasteiger partial charge in [0.25, 0.3) is 5.91 Å². The Labute approximate surface area is 217 Å². The van der Waals surface area contributed by atoms with Crippen LogP contribution in [0.15, 0.2) is 60.9 Å². The van der Waals surface area contributed by atoms with Crippen molar-refractivity contribution in [3.8, 4) is 11.5 Å². The summed E-state index contributed by atoms with van der Waals surface area (Å²) in [6, 6.07) is 14.5. The molecule has 2 aliphatic rings. The molecule has 4 aromatic rings. The van der Waals surface area contributed by atoms with E-state index in [9.17, 15) is 15.0 Å². The zero-order chi connectivity index (χ0) is 25.6. The number of carbonyl (C=O) groups excluding carboxylic acids is 1. The van der Waals surface area contributed by atoms with E-state index >= 15 is 0 Å². The smallest absolute Gasteiger partial charge is 0.252 e. The number of ether oxygens (including phenoxy) is 2. The molecule has 190 valence electrons. The van der Waals surface area contributed by atoms with E-state index in [2.05, 4.69) is 20.6 Å². The molecule has 3 atom stereocenters. The maximum absolute atomic E-state index is 13.0. The molecule has 1 spiro atoms. The molecule has 0 saturated carbocycles. The molecule has 2 aromatic heterocycles. The normalized spacial score (nSPS) is 21.8. The lowest BCUT2D eigenvalue weighted by atomic mass is 9.86. The van der Waals surface area contributed by atoms with Gasteiger partial charge in [-0.25, -0.2) is 4.98 Å². The minimum atomic E-state index is -1.07. The van der Waals surface area contributed by atoms with Gasteiger partial charge in [-0.1, -0.05) is 35.9 Å². The summed E-state index contributed by atoms with van der Waals surface area (Å²) in [5.74, 6) is 1.02. The average Bonchev–Trinajstić information content (AvgIpc) is 3.35. The number of nitrogens with one attached hydrogen (secondary N) is 3. The van der Waals surface area contributed by atoms with E-state index in [1.165, 1.54) is 0 Å². The SMILES string of the molecule is O=C1Nc2cnc3[nH]cc(C(O)c4ccc(Oc5ccccc5)cc4Cl)c3c2N[C@]12CC[C@@H](CO)OC2. The number of fused-ring (bicyclic) bond motifs is 3. The number of pyridine rings is 1. The van der Waals surface area contributed by atoms with Crippen LogP contribution in [0.25, 0.3) is 11.0 Å². The number of aliphatic hydroxyl groups excluding tert-OH is 2. The Hall–Kier alpha value is -3.63. The minimum absolute atomic E-state index is 0.0907. The number of carbonyl (C=O) groups is 1. The Bertz CT molecular complexity index is 1470. The summed E-state index contributed by atoms with van der Waals surface area (Å²) in [6.07, 6.45) is 2.93. The number of H-pyrrole nitrogens is 1. The first kappa shape index (κ1) is 23.7.